The third kappa shape index (κ3) is 10.0. The van der Waals surface area contributed by atoms with Crippen molar-refractivity contribution < 1.29 is 4.39 Å². The highest BCUT2D eigenvalue weighted by Gasteiger charge is 2.51. The fourth-order valence-electron chi connectivity index (χ4n) is 3.06. The molecule has 1 aliphatic carbocycles. The predicted octanol–water partition coefficient (Wildman–Crippen LogP) is 9.20. The molecule has 0 aromatic carbocycles. The molecule has 0 spiro atoms. The zero-order chi connectivity index (χ0) is 25.1. The molecule has 3 unspecified atom stereocenters. The average Bonchev–Trinajstić information content (AvgIpc) is 3.34. The van der Waals surface area contributed by atoms with Gasteiger partial charge in [-0.05, 0) is 68.1 Å². The van der Waals surface area contributed by atoms with E-state index < -0.39 is 5.67 Å². The van der Waals surface area contributed by atoms with Gasteiger partial charge in [-0.1, -0.05) is 103 Å². The minimum atomic E-state index is -0.956. The molecular formula is C30H48FN. The lowest BCUT2D eigenvalue weighted by Gasteiger charge is -2.20. The minimum absolute atomic E-state index is 0.0469. The summed E-state index contributed by atoms with van der Waals surface area (Å²) in [6.45, 7) is 30.9. The van der Waals surface area contributed by atoms with E-state index in [0.717, 1.165) is 28.8 Å². The second-order valence-electron chi connectivity index (χ2n) is 9.69. The van der Waals surface area contributed by atoms with E-state index in [4.69, 9.17) is 0 Å². The highest BCUT2D eigenvalue weighted by Crippen LogP contribution is 2.50. The molecule has 0 amide bonds. The van der Waals surface area contributed by atoms with Gasteiger partial charge in [0, 0.05) is 11.7 Å². The number of allylic oxidation sites excluding steroid dienone is 8. The van der Waals surface area contributed by atoms with Crippen molar-refractivity contribution in [3.63, 3.8) is 0 Å². The van der Waals surface area contributed by atoms with Crippen LogP contribution in [0.2, 0.25) is 0 Å². The Balaban J connectivity index is 0.00000466. The van der Waals surface area contributed by atoms with Crippen molar-refractivity contribution in [2.75, 3.05) is 0 Å². The van der Waals surface area contributed by atoms with E-state index in [9.17, 15) is 4.39 Å². The molecule has 1 aliphatic rings. The van der Waals surface area contributed by atoms with Crippen LogP contribution in [0.25, 0.3) is 0 Å². The standard InChI is InChI=1S/C28H42FN.C2H6/c1-11-25(17-18-28(29)19-22(28)5)15-13-20(3)23(6)30-24(7)26(12-2)16-14-21(4)27(8,9)10;1-2/h11-16,22-23,30H,1,4,7,17-19H2,2-3,5-6,8-10H3;1-2H3/b16-14-,20-13+,25-15+,26-12+;. The van der Waals surface area contributed by atoms with Crippen LogP contribution in [0.3, 0.4) is 0 Å². The summed E-state index contributed by atoms with van der Waals surface area (Å²) in [4.78, 5) is 0. The van der Waals surface area contributed by atoms with Crippen molar-refractivity contribution >= 4 is 0 Å². The van der Waals surface area contributed by atoms with Crippen molar-refractivity contribution in [3.8, 4) is 0 Å². The molecule has 180 valence electrons. The number of nitrogens with one attached hydrogen (secondary N) is 1. The van der Waals surface area contributed by atoms with Gasteiger partial charge in [-0.3, -0.25) is 0 Å². The summed E-state index contributed by atoms with van der Waals surface area (Å²) in [5.41, 5.74) is 4.36. The predicted molar refractivity (Wildman–Crippen MR) is 143 cm³/mol. The normalized spacial score (nSPS) is 22.7. The van der Waals surface area contributed by atoms with Crippen molar-refractivity contribution in [1.29, 1.82) is 0 Å². The van der Waals surface area contributed by atoms with Gasteiger partial charge in [0.25, 0.3) is 0 Å². The third-order valence-corrected chi connectivity index (χ3v) is 6.18. The van der Waals surface area contributed by atoms with Gasteiger partial charge in [-0.2, -0.15) is 0 Å². The number of hydrogen-bond donors (Lipinski definition) is 1. The van der Waals surface area contributed by atoms with E-state index in [1.165, 1.54) is 5.57 Å². The summed E-state index contributed by atoms with van der Waals surface area (Å²) in [6.07, 6.45) is 14.2. The van der Waals surface area contributed by atoms with Gasteiger partial charge in [0.15, 0.2) is 0 Å². The monoisotopic (exact) mass is 441 g/mol. The van der Waals surface area contributed by atoms with Crippen molar-refractivity contribution in [3.05, 3.63) is 84.2 Å². The van der Waals surface area contributed by atoms with E-state index in [2.05, 4.69) is 90.1 Å². The maximum Gasteiger partial charge on any atom is 0.114 e. The van der Waals surface area contributed by atoms with Gasteiger partial charge >= 0.3 is 0 Å². The Morgan fingerprint density at radius 3 is 2.19 bits per heavy atom. The lowest BCUT2D eigenvalue weighted by atomic mass is 9.87. The van der Waals surface area contributed by atoms with Crippen molar-refractivity contribution in [1.82, 2.24) is 5.32 Å². The smallest absolute Gasteiger partial charge is 0.114 e. The van der Waals surface area contributed by atoms with Crippen LogP contribution in [0.4, 0.5) is 4.39 Å². The Bertz CT molecular complexity index is 769. The third-order valence-electron chi connectivity index (χ3n) is 6.18. The Hall–Kier alpha value is -2.09. The Labute approximate surface area is 198 Å². The summed E-state index contributed by atoms with van der Waals surface area (Å²) in [5, 5.41) is 3.48. The van der Waals surface area contributed by atoms with Crippen molar-refractivity contribution in [2.24, 2.45) is 11.3 Å². The second kappa shape index (κ2) is 13.5. The molecule has 0 heterocycles. The zero-order valence-corrected chi connectivity index (χ0v) is 22.2. The van der Waals surface area contributed by atoms with Crippen LogP contribution in [-0.4, -0.2) is 11.7 Å². The fraction of sp³-hybridized carbons (Fsp3) is 0.533. The fourth-order valence-corrected chi connectivity index (χ4v) is 3.06. The number of hydrogen-bond acceptors (Lipinski definition) is 1. The van der Waals surface area contributed by atoms with Crippen LogP contribution in [0.1, 0.15) is 81.6 Å². The van der Waals surface area contributed by atoms with Gasteiger partial charge in [-0.25, -0.2) is 4.39 Å². The van der Waals surface area contributed by atoms with Crippen molar-refractivity contribution in [2.45, 2.75) is 93.3 Å². The maximum absolute atomic E-state index is 14.2. The first kappa shape index (κ1) is 29.9. The summed E-state index contributed by atoms with van der Waals surface area (Å²) < 4.78 is 14.2. The molecule has 2 heteroatoms. The first-order valence-electron chi connectivity index (χ1n) is 12.0. The van der Waals surface area contributed by atoms with Crippen LogP contribution in [0.15, 0.2) is 84.2 Å². The topological polar surface area (TPSA) is 12.0 Å². The number of rotatable bonds is 11. The zero-order valence-electron chi connectivity index (χ0n) is 22.2. The second-order valence-corrected chi connectivity index (χ2v) is 9.69. The Morgan fingerprint density at radius 1 is 1.19 bits per heavy atom. The molecule has 0 radical (unpaired) electrons. The van der Waals surface area contributed by atoms with Gasteiger partial charge in [0.05, 0.1) is 0 Å². The van der Waals surface area contributed by atoms with E-state index in [0.29, 0.717) is 12.8 Å². The lowest BCUT2D eigenvalue weighted by molar-refractivity contribution is 0.268. The van der Waals surface area contributed by atoms with Gasteiger partial charge in [0.1, 0.15) is 5.67 Å². The number of alkyl halides is 1. The first-order chi connectivity index (χ1) is 14.8. The molecule has 1 saturated carbocycles. The number of halogens is 1. The molecule has 3 atom stereocenters. The highest BCUT2D eigenvalue weighted by atomic mass is 19.1. The lowest BCUT2D eigenvalue weighted by Crippen LogP contribution is -2.26. The SMILES string of the molecule is C=C/C(=C\C=C(/C)C(C)NC(=C)C(/C=C\C(=C)C(C)(C)C)=C/C)CCC1(F)CC1C.CC. The molecule has 1 N–H and O–H groups in total. The van der Waals surface area contributed by atoms with Gasteiger partial charge in [-0.15, -0.1) is 0 Å². The van der Waals surface area contributed by atoms with E-state index in [1.807, 2.05) is 33.8 Å². The van der Waals surface area contributed by atoms with Gasteiger partial charge < -0.3 is 5.32 Å². The minimum Gasteiger partial charge on any atom is -0.379 e. The molecule has 0 aliphatic heterocycles. The highest BCUT2D eigenvalue weighted by molar-refractivity contribution is 5.40. The van der Waals surface area contributed by atoms with Crippen LogP contribution < -0.4 is 5.32 Å². The Morgan fingerprint density at radius 2 is 1.75 bits per heavy atom. The summed E-state index contributed by atoms with van der Waals surface area (Å²) in [6, 6.07) is 0.130. The summed E-state index contributed by atoms with van der Waals surface area (Å²) in [7, 11) is 0. The maximum atomic E-state index is 14.2. The molecular weight excluding hydrogens is 393 g/mol. The summed E-state index contributed by atoms with van der Waals surface area (Å²) >= 11 is 0. The van der Waals surface area contributed by atoms with Gasteiger partial charge in [0.2, 0.25) is 0 Å². The molecule has 1 fully saturated rings. The quantitative estimate of drug-likeness (QED) is 0.315. The first-order valence-corrected chi connectivity index (χ1v) is 12.0. The van der Waals surface area contributed by atoms with Crippen LogP contribution >= 0.6 is 0 Å². The molecule has 0 saturated heterocycles. The Kier molecular flexibility index (Phi) is 12.6. The van der Waals surface area contributed by atoms with Crippen LogP contribution in [0, 0.1) is 11.3 Å². The molecule has 1 rings (SSSR count). The molecule has 0 bridgehead atoms. The van der Waals surface area contributed by atoms with E-state index in [1.54, 1.807) is 0 Å². The van der Waals surface area contributed by atoms with E-state index in [-0.39, 0.29) is 17.4 Å². The average molecular weight is 442 g/mol. The largest absolute Gasteiger partial charge is 0.379 e. The summed E-state index contributed by atoms with van der Waals surface area (Å²) in [5.74, 6) is 0.200. The molecule has 32 heavy (non-hydrogen) atoms. The van der Waals surface area contributed by atoms with E-state index >= 15 is 0 Å². The molecule has 1 nitrogen and oxygen atoms in total. The van der Waals surface area contributed by atoms with Crippen LogP contribution in [0.5, 0.6) is 0 Å². The molecule has 0 aromatic rings. The molecule has 0 aromatic heterocycles. The van der Waals surface area contributed by atoms with Crippen LogP contribution in [-0.2, 0) is 0 Å².